The first-order chi connectivity index (χ1) is 7.16. The second-order valence-electron chi connectivity index (χ2n) is 3.70. The predicted molar refractivity (Wildman–Crippen MR) is 62.1 cm³/mol. The normalized spacial score (nSPS) is 11.5. The van der Waals surface area contributed by atoms with E-state index in [2.05, 4.69) is 0 Å². The van der Waals surface area contributed by atoms with Crippen molar-refractivity contribution in [3.63, 3.8) is 0 Å². The van der Waals surface area contributed by atoms with Gasteiger partial charge in [-0.05, 0) is 37.5 Å². The van der Waals surface area contributed by atoms with Crippen LogP contribution in [0.3, 0.4) is 0 Å². The molecule has 0 amide bonds. The van der Waals surface area contributed by atoms with Crippen molar-refractivity contribution in [3.05, 3.63) is 29.8 Å². The van der Waals surface area contributed by atoms with Crippen molar-refractivity contribution in [2.75, 3.05) is 6.61 Å². The highest BCUT2D eigenvalue weighted by Gasteiger charge is 2.24. The van der Waals surface area contributed by atoms with Crippen LogP contribution in [0, 0.1) is 0 Å². The molecule has 0 aliphatic heterocycles. The number of rotatable bonds is 5. The topological polar surface area (TPSA) is 29.5 Å². The zero-order valence-electron chi connectivity index (χ0n) is 9.79. The van der Waals surface area contributed by atoms with Crippen LogP contribution in [0.15, 0.2) is 24.3 Å². The summed E-state index contributed by atoms with van der Waals surface area (Å²) in [6.07, 6.45) is 1.44. The van der Waals surface area contributed by atoms with E-state index < -0.39 is 5.60 Å². The molecule has 2 heteroatoms. The molecule has 15 heavy (non-hydrogen) atoms. The van der Waals surface area contributed by atoms with Crippen LogP contribution in [0.25, 0.3) is 0 Å². The van der Waals surface area contributed by atoms with Gasteiger partial charge in [0.25, 0.3) is 0 Å². The molecule has 0 saturated carbocycles. The quantitative estimate of drug-likeness (QED) is 0.805. The van der Waals surface area contributed by atoms with E-state index in [9.17, 15) is 5.11 Å². The van der Waals surface area contributed by atoms with Gasteiger partial charge in [0.2, 0.25) is 0 Å². The Labute approximate surface area is 91.9 Å². The van der Waals surface area contributed by atoms with Crippen LogP contribution in [-0.2, 0) is 5.60 Å². The number of hydrogen-bond acceptors (Lipinski definition) is 2. The van der Waals surface area contributed by atoms with Gasteiger partial charge in [0.15, 0.2) is 0 Å². The van der Waals surface area contributed by atoms with Crippen molar-refractivity contribution in [1.29, 1.82) is 0 Å². The van der Waals surface area contributed by atoms with Crippen LogP contribution in [0.4, 0.5) is 0 Å². The molecule has 84 valence electrons. The summed E-state index contributed by atoms with van der Waals surface area (Å²) in [5.74, 6) is 0.829. The third-order valence-corrected chi connectivity index (χ3v) is 2.85. The highest BCUT2D eigenvalue weighted by molar-refractivity contribution is 5.32. The van der Waals surface area contributed by atoms with Crippen LogP contribution in [0.5, 0.6) is 5.75 Å². The number of hydrogen-bond donors (Lipinski definition) is 1. The highest BCUT2D eigenvalue weighted by Crippen LogP contribution is 2.30. The van der Waals surface area contributed by atoms with Crippen LogP contribution >= 0.6 is 0 Å². The fourth-order valence-electron chi connectivity index (χ4n) is 1.70. The Balaban J connectivity index is 2.98. The first-order valence-corrected chi connectivity index (χ1v) is 5.62. The lowest BCUT2D eigenvalue weighted by Gasteiger charge is -2.26. The maximum Gasteiger partial charge on any atom is 0.119 e. The van der Waals surface area contributed by atoms with Gasteiger partial charge in [0, 0.05) is 0 Å². The van der Waals surface area contributed by atoms with Crippen molar-refractivity contribution >= 4 is 0 Å². The summed E-state index contributed by atoms with van der Waals surface area (Å²) in [4.78, 5) is 0. The lowest BCUT2D eigenvalue weighted by molar-refractivity contribution is 0.0281. The summed E-state index contributed by atoms with van der Waals surface area (Å²) in [6, 6.07) is 7.72. The molecule has 0 unspecified atom stereocenters. The molecular weight excluding hydrogens is 188 g/mol. The van der Waals surface area contributed by atoms with E-state index in [4.69, 9.17) is 4.74 Å². The lowest BCUT2D eigenvalue weighted by atomic mass is 9.88. The van der Waals surface area contributed by atoms with E-state index in [0.29, 0.717) is 6.61 Å². The first kappa shape index (κ1) is 12.1. The number of aliphatic hydroxyl groups is 1. The molecule has 1 rings (SSSR count). The van der Waals surface area contributed by atoms with E-state index in [1.54, 1.807) is 0 Å². The van der Waals surface area contributed by atoms with Gasteiger partial charge in [-0.3, -0.25) is 0 Å². The highest BCUT2D eigenvalue weighted by atomic mass is 16.5. The molecule has 0 aromatic heterocycles. The maximum atomic E-state index is 10.3. The standard InChI is InChI=1S/C13H20O2/c1-4-13(14,5-2)11-8-7-9-12(10-11)15-6-3/h7-10,14H,4-6H2,1-3H3. The van der Waals surface area contributed by atoms with Crippen LogP contribution in [-0.4, -0.2) is 11.7 Å². The number of benzene rings is 1. The Morgan fingerprint density at radius 3 is 2.40 bits per heavy atom. The van der Waals surface area contributed by atoms with Gasteiger partial charge in [-0.1, -0.05) is 26.0 Å². The Hall–Kier alpha value is -1.02. The molecular formula is C13H20O2. The first-order valence-electron chi connectivity index (χ1n) is 5.62. The van der Waals surface area contributed by atoms with Gasteiger partial charge in [-0.15, -0.1) is 0 Å². The summed E-state index contributed by atoms with van der Waals surface area (Å²) in [7, 11) is 0. The molecule has 0 spiro atoms. The molecule has 1 aromatic carbocycles. The summed E-state index contributed by atoms with van der Waals surface area (Å²) in [5, 5.41) is 10.3. The molecule has 0 atom stereocenters. The minimum Gasteiger partial charge on any atom is -0.494 e. The summed E-state index contributed by atoms with van der Waals surface area (Å²) >= 11 is 0. The molecule has 0 aliphatic carbocycles. The van der Waals surface area contributed by atoms with E-state index in [0.717, 1.165) is 24.2 Å². The summed E-state index contributed by atoms with van der Waals surface area (Å²) in [5.41, 5.74) is 0.228. The van der Waals surface area contributed by atoms with Crippen molar-refractivity contribution in [1.82, 2.24) is 0 Å². The fourth-order valence-corrected chi connectivity index (χ4v) is 1.70. The molecule has 0 saturated heterocycles. The third-order valence-electron chi connectivity index (χ3n) is 2.85. The molecule has 2 nitrogen and oxygen atoms in total. The van der Waals surface area contributed by atoms with Crippen LogP contribution < -0.4 is 4.74 Å². The Bertz CT molecular complexity index is 303. The second kappa shape index (κ2) is 5.17. The number of ether oxygens (including phenoxy) is 1. The van der Waals surface area contributed by atoms with E-state index in [1.807, 2.05) is 45.0 Å². The van der Waals surface area contributed by atoms with E-state index >= 15 is 0 Å². The Morgan fingerprint density at radius 1 is 1.20 bits per heavy atom. The van der Waals surface area contributed by atoms with Gasteiger partial charge < -0.3 is 9.84 Å². The Morgan fingerprint density at radius 2 is 1.87 bits per heavy atom. The van der Waals surface area contributed by atoms with E-state index in [-0.39, 0.29) is 0 Å². The monoisotopic (exact) mass is 208 g/mol. The van der Waals surface area contributed by atoms with Gasteiger partial charge in [0.1, 0.15) is 5.75 Å². The average Bonchev–Trinajstić information content (AvgIpc) is 2.29. The molecule has 0 radical (unpaired) electrons. The minimum atomic E-state index is -0.715. The lowest BCUT2D eigenvalue weighted by Crippen LogP contribution is -2.23. The zero-order chi connectivity index (χ0) is 11.3. The van der Waals surface area contributed by atoms with Crippen LogP contribution in [0.2, 0.25) is 0 Å². The molecule has 0 fully saturated rings. The zero-order valence-corrected chi connectivity index (χ0v) is 9.79. The molecule has 0 aliphatic rings. The second-order valence-corrected chi connectivity index (χ2v) is 3.70. The molecule has 0 heterocycles. The molecule has 1 N–H and O–H groups in total. The van der Waals surface area contributed by atoms with Crippen molar-refractivity contribution in [2.45, 2.75) is 39.2 Å². The smallest absolute Gasteiger partial charge is 0.119 e. The van der Waals surface area contributed by atoms with Gasteiger partial charge in [0.05, 0.1) is 12.2 Å². The summed E-state index contributed by atoms with van der Waals surface area (Å²) in [6.45, 7) is 6.60. The van der Waals surface area contributed by atoms with Gasteiger partial charge in [-0.2, -0.15) is 0 Å². The fraction of sp³-hybridized carbons (Fsp3) is 0.538. The summed E-state index contributed by atoms with van der Waals surface area (Å²) < 4.78 is 5.42. The van der Waals surface area contributed by atoms with Crippen molar-refractivity contribution < 1.29 is 9.84 Å². The third kappa shape index (κ3) is 2.72. The van der Waals surface area contributed by atoms with Crippen molar-refractivity contribution in [3.8, 4) is 5.75 Å². The van der Waals surface area contributed by atoms with Gasteiger partial charge in [-0.25, -0.2) is 0 Å². The van der Waals surface area contributed by atoms with Crippen molar-refractivity contribution in [2.24, 2.45) is 0 Å². The minimum absolute atomic E-state index is 0.653. The molecule has 0 bridgehead atoms. The maximum absolute atomic E-state index is 10.3. The predicted octanol–water partition coefficient (Wildman–Crippen LogP) is 3.09. The van der Waals surface area contributed by atoms with Crippen LogP contribution in [0.1, 0.15) is 39.2 Å². The van der Waals surface area contributed by atoms with Gasteiger partial charge >= 0.3 is 0 Å². The molecule has 1 aromatic rings. The largest absolute Gasteiger partial charge is 0.494 e. The van der Waals surface area contributed by atoms with E-state index in [1.165, 1.54) is 0 Å². The SMILES string of the molecule is CCOc1cccc(C(O)(CC)CC)c1. The Kier molecular flexibility index (Phi) is 4.15. The average molecular weight is 208 g/mol.